The molecule has 8 heteroatoms. The highest BCUT2D eigenvalue weighted by molar-refractivity contribution is 7.99. The number of H-pyrrole nitrogens is 1. The maximum absolute atomic E-state index is 13.3. The van der Waals surface area contributed by atoms with Gasteiger partial charge in [0.1, 0.15) is 0 Å². The van der Waals surface area contributed by atoms with Gasteiger partial charge in [0.25, 0.3) is 0 Å². The van der Waals surface area contributed by atoms with Gasteiger partial charge in [-0.1, -0.05) is 17.8 Å². The van der Waals surface area contributed by atoms with Crippen molar-refractivity contribution in [2.45, 2.75) is 24.0 Å². The molecule has 3 heterocycles. The quantitative estimate of drug-likeness (QED) is 0.686. The third kappa shape index (κ3) is 3.28. The molecule has 130 valence electrons. The minimum Gasteiger partial charge on any atom is -0.334 e. The summed E-state index contributed by atoms with van der Waals surface area (Å²) in [6, 6.07) is 6.36. The fraction of sp³-hybridized carbons (Fsp3) is 0.294. The monoisotopic (exact) mass is 379 g/mol. The lowest BCUT2D eigenvalue weighted by Gasteiger charge is -2.23. The van der Waals surface area contributed by atoms with E-state index in [9.17, 15) is 13.6 Å². The van der Waals surface area contributed by atoms with Crippen LogP contribution in [-0.2, 0) is 4.79 Å². The third-order valence-corrected chi connectivity index (χ3v) is 6.11. The number of likely N-dealkylation sites (tertiary alicyclic amines) is 1. The first-order valence-corrected chi connectivity index (χ1v) is 9.79. The van der Waals surface area contributed by atoms with Crippen LogP contribution in [0.15, 0.2) is 34.8 Å². The third-order valence-electron chi connectivity index (χ3n) is 4.28. The molecule has 25 heavy (non-hydrogen) atoms. The SMILES string of the molecule is O=C(CSc1nc2cc(F)c(F)cc2[nH]1)N1CCCC1c1cccs1. The van der Waals surface area contributed by atoms with Crippen LogP contribution in [0.2, 0.25) is 0 Å². The molecule has 1 aromatic carbocycles. The van der Waals surface area contributed by atoms with Gasteiger partial charge in [0.15, 0.2) is 16.8 Å². The molecular weight excluding hydrogens is 364 g/mol. The number of imidazole rings is 1. The zero-order valence-corrected chi connectivity index (χ0v) is 14.8. The standard InChI is InChI=1S/C17H15F2N3OS2/c18-10-7-12-13(8-11(10)19)21-17(20-12)25-9-16(23)22-5-1-3-14(22)15-4-2-6-24-15/h2,4,6-8,14H,1,3,5,9H2,(H,20,21). The smallest absolute Gasteiger partial charge is 0.233 e. The molecule has 0 radical (unpaired) electrons. The number of hydrogen-bond acceptors (Lipinski definition) is 4. The fourth-order valence-corrected chi connectivity index (χ4v) is 4.75. The van der Waals surface area contributed by atoms with Gasteiger partial charge in [-0.2, -0.15) is 0 Å². The van der Waals surface area contributed by atoms with Crippen LogP contribution in [0.3, 0.4) is 0 Å². The van der Waals surface area contributed by atoms with E-state index in [1.165, 1.54) is 16.6 Å². The van der Waals surface area contributed by atoms with Crippen LogP contribution in [0.1, 0.15) is 23.8 Å². The van der Waals surface area contributed by atoms with Crippen molar-refractivity contribution >= 4 is 40.0 Å². The number of thioether (sulfide) groups is 1. The summed E-state index contributed by atoms with van der Waals surface area (Å²) >= 11 is 2.92. The van der Waals surface area contributed by atoms with Gasteiger partial charge in [0.05, 0.1) is 22.8 Å². The first kappa shape index (κ1) is 16.5. The average molecular weight is 379 g/mol. The summed E-state index contributed by atoms with van der Waals surface area (Å²) in [7, 11) is 0. The molecule has 1 aliphatic rings. The van der Waals surface area contributed by atoms with Crippen molar-refractivity contribution in [3.05, 3.63) is 46.2 Å². The number of carbonyl (C=O) groups excluding carboxylic acids is 1. The summed E-state index contributed by atoms with van der Waals surface area (Å²) in [5.74, 6) is -1.55. The van der Waals surface area contributed by atoms with Crippen LogP contribution in [0.4, 0.5) is 8.78 Å². The summed E-state index contributed by atoms with van der Waals surface area (Å²) in [6.45, 7) is 0.762. The van der Waals surface area contributed by atoms with Gasteiger partial charge < -0.3 is 9.88 Å². The Morgan fingerprint density at radius 1 is 1.40 bits per heavy atom. The van der Waals surface area contributed by atoms with Gasteiger partial charge in [-0.3, -0.25) is 4.79 Å². The Balaban J connectivity index is 1.45. The van der Waals surface area contributed by atoms with E-state index in [4.69, 9.17) is 0 Å². The number of hydrogen-bond donors (Lipinski definition) is 1. The Kier molecular flexibility index (Phi) is 4.47. The van der Waals surface area contributed by atoms with Gasteiger partial charge in [-0.25, -0.2) is 13.8 Å². The van der Waals surface area contributed by atoms with E-state index in [1.807, 2.05) is 16.3 Å². The minimum absolute atomic E-state index is 0.0544. The Morgan fingerprint density at radius 3 is 3.04 bits per heavy atom. The van der Waals surface area contributed by atoms with E-state index < -0.39 is 11.6 Å². The molecule has 1 fully saturated rings. The van der Waals surface area contributed by atoms with Crippen LogP contribution in [-0.4, -0.2) is 33.1 Å². The summed E-state index contributed by atoms with van der Waals surface area (Å²) in [5.41, 5.74) is 0.776. The molecule has 4 rings (SSSR count). The zero-order valence-electron chi connectivity index (χ0n) is 13.2. The Labute approximate surface area is 151 Å². The maximum atomic E-state index is 13.3. The highest BCUT2D eigenvalue weighted by Crippen LogP contribution is 2.35. The molecule has 0 saturated carbocycles. The summed E-state index contributed by atoms with van der Waals surface area (Å²) in [6.07, 6.45) is 1.99. The van der Waals surface area contributed by atoms with E-state index in [2.05, 4.69) is 16.0 Å². The number of nitrogens with one attached hydrogen (secondary N) is 1. The second-order valence-corrected chi connectivity index (χ2v) is 7.82. The number of aromatic amines is 1. The number of rotatable bonds is 4. The number of thiophene rings is 1. The minimum atomic E-state index is -0.928. The molecule has 1 atom stereocenters. The molecule has 2 aromatic heterocycles. The first-order valence-electron chi connectivity index (χ1n) is 7.92. The second kappa shape index (κ2) is 6.76. The molecule has 1 saturated heterocycles. The lowest BCUT2D eigenvalue weighted by atomic mass is 10.2. The number of aromatic nitrogens is 2. The van der Waals surface area contributed by atoms with Crippen LogP contribution in [0.5, 0.6) is 0 Å². The van der Waals surface area contributed by atoms with Crippen LogP contribution in [0, 0.1) is 11.6 Å². The van der Waals surface area contributed by atoms with Gasteiger partial charge >= 0.3 is 0 Å². The van der Waals surface area contributed by atoms with Crippen molar-refractivity contribution < 1.29 is 13.6 Å². The number of halogens is 2. The summed E-state index contributed by atoms with van der Waals surface area (Å²) in [5, 5.41) is 2.51. The van der Waals surface area contributed by atoms with Crippen LogP contribution in [0.25, 0.3) is 11.0 Å². The molecule has 4 nitrogen and oxygen atoms in total. The molecule has 1 N–H and O–H groups in total. The first-order chi connectivity index (χ1) is 12.1. The molecule has 1 unspecified atom stereocenters. The Morgan fingerprint density at radius 2 is 2.24 bits per heavy atom. The van der Waals surface area contributed by atoms with Gasteiger partial charge in [0.2, 0.25) is 5.91 Å². The summed E-state index contributed by atoms with van der Waals surface area (Å²) in [4.78, 5) is 22.9. The normalized spacial score (nSPS) is 17.5. The van der Waals surface area contributed by atoms with Crippen molar-refractivity contribution in [2.24, 2.45) is 0 Å². The molecular formula is C17H15F2N3OS2. The Bertz CT molecular complexity index is 871. The van der Waals surface area contributed by atoms with E-state index in [1.54, 1.807) is 11.3 Å². The van der Waals surface area contributed by atoms with E-state index in [0.717, 1.165) is 31.5 Å². The van der Waals surface area contributed by atoms with Crippen molar-refractivity contribution in [3.8, 4) is 0 Å². The highest BCUT2D eigenvalue weighted by atomic mass is 32.2. The molecule has 1 amide bonds. The second-order valence-electron chi connectivity index (χ2n) is 5.87. The largest absolute Gasteiger partial charge is 0.334 e. The van der Waals surface area contributed by atoms with Crippen LogP contribution < -0.4 is 0 Å². The number of carbonyl (C=O) groups is 1. The fourth-order valence-electron chi connectivity index (χ4n) is 3.10. The van der Waals surface area contributed by atoms with Crippen molar-refractivity contribution in [3.63, 3.8) is 0 Å². The number of amides is 1. The van der Waals surface area contributed by atoms with E-state index in [0.29, 0.717) is 16.2 Å². The molecule has 0 aliphatic carbocycles. The maximum Gasteiger partial charge on any atom is 0.233 e. The molecule has 3 aromatic rings. The predicted octanol–water partition coefficient (Wildman–Crippen LogP) is 4.36. The Hall–Kier alpha value is -1.93. The van der Waals surface area contributed by atoms with Gasteiger partial charge in [-0.05, 0) is 24.3 Å². The molecule has 0 bridgehead atoms. The van der Waals surface area contributed by atoms with Crippen molar-refractivity contribution in [2.75, 3.05) is 12.3 Å². The lowest BCUT2D eigenvalue weighted by molar-refractivity contribution is -0.129. The zero-order chi connectivity index (χ0) is 17.4. The molecule has 1 aliphatic heterocycles. The van der Waals surface area contributed by atoms with E-state index >= 15 is 0 Å². The average Bonchev–Trinajstić information content (AvgIpc) is 3.32. The van der Waals surface area contributed by atoms with Gasteiger partial charge in [0, 0.05) is 23.6 Å². The molecule has 0 spiro atoms. The predicted molar refractivity (Wildman–Crippen MR) is 94.7 cm³/mol. The summed E-state index contributed by atoms with van der Waals surface area (Å²) < 4.78 is 26.5. The van der Waals surface area contributed by atoms with Crippen LogP contribution >= 0.6 is 23.1 Å². The topological polar surface area (TPSA) is 49.0 Å². The van der Waals surface area contributed by atoms with Crippen molar-refractivity contribution in [1.82, 2.24) is 14.9 Å². The van der Waals surface area contributed by atoms with Crippen molar-refractivity contribution in [1.29, 1.82) is 0 Å². The van der Waals surface area contributed by atoms with E-state index in [-0.39, 0.29) is 17.7 Å². The van der Waals surface area contributed by atoms with Gasteiger partial charge in [-0.15, -0.1) is 11.3 Å². The number of benzene rings is 1. The number of nitrogens with zero attached hydrogens (tertiary/aromatic N) is 2. The number of fused-ring (bicyclic) bond motifs is 1. The highest BCUT2D eigenvalue weighted by Gasteiger charge is 2.30. The lowest BCUT2D eigenvalue weighted by Crippen LogP contribution is -2.31.